The summed E-state index contributed by atoms with van der Waals surface area (Å²) >= 11 is 0. The molecule has 0 bridgehead atoms. The zero-order valence-corrected chi connectivity index (χ0v) is 13.2. The van der Waals surface area contributed by atoms with E-state index >= 15 is 0 Å². The first-order valence-corrected chi connectivity index (χ1v) is 8.30. The number of fused-ring (bicyclic) bond motifs is 1. The van der Waals surface area contributed by atoms with E-state index in [-0.39, 0.29) is 11.9 Å². The number of aryl methyl sites for hydroxylation is 1. The van der Waals surface area contributed by atoms with Gasteiger partial charge in [0.2, 0.25) is 10.0 Å². The van der Waals surface area contributed by atoms with Crippen molar-refractivity contribution in [3.63, 3.8) is 0 Å². The number of pyridine rings is 1. The van der Waals surface area contributed by atoms with E-state index in [0.29, 0.717) is 22.3 Å². The summed E-state index contributed by atoms with van der Waals surface area (Å²) < 4.78 is 26.7. The molecular weight excluding hydrogens is 292 g/mol. The topological polar surface area (TPSA) is 93.1 Å². The fourth-order valence-corrected chi connectivity index (χ4v) is 2.59. The predicted octanol–water partition coefficient (Wildman–Crippen LogP) is 1.08. The Bertz CT molecular complexity index is 793. The number of anilines is 1. The summed E-state index contributed by atoms with van der Waals surface area (Å²) in [6.45, 7) is 3.75. The standard InChI is InChI=1S/C13H18N4O3S/c1-8(2)15-13(18)11-7-17(3)12-10(11)5-9(6-14-12)16-21(4,19)20/h5-8,16H,1-4H3,(H,15,18). The Kier molecular flexibility index (Phi) is 3.91. The SMILES string of the molecule is CC(C)NC(=O)c1cn(C)c2ncc(NS(C)(=O)=O)cc12. The van der Waals surface area contributed by atoms with Gasteiger partial charge in [0.05, 0.1) is 23.7 Å². The van der Waals surface area contributed by atoms with Gasteiger partial charge in [0.1, 0.15) is 5.65 Å². The molecule has 0 aliphatic carbocycles. The molecule has 114 valence electrons. The number of carbonyl (C=O) groups is 1. The molecule has 0 unspecified atom stereocenters. The third-order valence-electron chi connectivity index (χ3n) is 2.78. The van der Waals surface area contributed by atoms with Gasteiger partial charge in [-0.1, -0.05) is 0 Å². The van der Waals surface area contributed by atoms with Crippen LogP contribution in [0.25, 0.3) is 11.0 Å². The Hall–Kier alpha value is -2.09. The monoisotopic (exact) mass is 310 g/mol. The molecule has 0 atom stereocenters. The fraction of sp³-hybridized carbons (Fsp3) is 0.385. The van der Waals surface area contributed by atoms with Crippen molar-refractivity contribution in [1.29, 1.82) is 0 Å². The lowest BCUT2D eigenvalue weighted by atomic mass is 10.2. The number of aromatic nitrogens is 2. The number of carbonyl (C=O) groups excluding carboxylic acids is 1. The second kappa shape index (κ2) is 5.36. The van der Waals surface area contributed by atoms with Gasteiger partial charge >= 0.3 is 0 Å². The molecule has 2 N–H and O–H groups in total. The van der Waals surface area contributed by atoms with E-state index in [0.717, 1.165) is 6.26 Å². The molecule has 21 heavy (non-hydrogen) atoms. The van der Waals surface area contributed by atoms with Crippen molar-refractivity contribution in [2.24, 2.45) is 7.05 Å². The average molecular weight is 310 g/mol. The zero-order valence-electron chi connectivity index (χ0n) is 12.3. The highest BCUT2D eigenvalue weighted by Crippen LogP contribution is 2.22. The Labute approximate surface area is 123 Å². The predicted molar refractivity (Wildman–Crippen MR) is 81.8 cm³/mol. The molecule has 2 heterocycles. The van der Waals surface area contributed by atoms with Crippen LogP contribution in [0, 0.1) is 0 Å². The van der Waals surface area contributed by atoms with Crippen LogP contribution in [-0.4, -0.2) is 36.2 Å². The first kappa shape index (κ1) is 15.3. The summed E-state index contributed by atoms with van der Waals surface area (Å²) in [5.74, 6) is -0.214. The Balaban J connectivity index is 2.51. The minimum Gasteiger partial charge on any atom is -0.350 e. The normalized spacial score (nSPS) is 11.9. The van der Waals surface area contributed by atoms with E-state index in [1.54, 1.807) is 23.9 Å². The number of rotatable bonds is 4. The minimum atomic E-state index is -3.39. The molecule has 0 aliphatic heterocycles. The molecule has 8 heteroatoms. The summed E-state index contributed by atoms with van der Waals surface area (Å²) in [7, 11) is -1.61. The minimum absolute atomic E-state index is 0.0121. The summed E-state index contributed by atoms with van der Waals surface area (Å²) in [6, 6.07) is 1.62. The van der Waals surface area contributed by atoms with Gasteiger partial charge in [-0.3, -0.25) is 9.52 Å². The van der Waals surface area contributed by atoms with E-state index in [1.165, 1.54) is 6.20 Å². The molecule has 2 aromatic heterocycles. The van der Waals surface area contributed by atoms with E-state index in [1.807, 2.05) is 13.8 Å². The summed E-state index contributed by atoms with van der Waals surface area (Å²) in [4.78, 5) is 16.4. The van der Waals surface area contributed by atoms with Gasteiger partial charge in [0.15, 0.2) is 0 Å². The van der Waals surface area contributed by atoms with Crippen LogP contribution in [-0.2, 0) is 17.1 Å². The van der Waals surface area contributed by atoms with Gasteiger partial charge < -0.3 is 9.88 Å². The average Bonchev–Trinajstić information content (AvgIpc) is 2.63. The molecular formula is C13H18N4O3S. The molecule has 2 aromatic rings. The van der Waals surface area contributed by atoms with Crippen molar-refractivity contribution >= 4 is 32.7 Å². The quantitative estimate of drug-likeness (QED) is 0.884. The Morgan fingerprint density at radius 1 is 1.38 bits per heavy atom. The second-order valence-corrected chi connectivity index (χ2v) is 7.00. The summed E-state index contributed by atoms with van der Waals surface area (Å²) in [5.41, 5.74) is 1.41. The molecule has 0 spiro atoms. The third kappa shape index (κ3) is 3.52. The van der Waals surface area contributed by atoms with Crippen molar-refractivity contribution in [1.82, 2.24) is 14.9 Å². The smallest absolute Gasteiger partial charge is 0.253 e. The van der Waals surface area contributed by atoms with Crippen LogP contribution in [0.5, 0.6) is 0 Å². The number of amides is 1. The highest BCUT2D eigenvalue weighted by Gasteiger charge is 2.16. The van der Waals surface area contributed by atoms with Crippen molar-refractivity contribution in [2.45, 2.75) is 19.9 Å². The van der Waals surface area contributed by atoms with E-state index < -0.39 is 10.0 Å². The van der Waals surface area contributed by atoms with Crippen molar-refractivity contribution in [3.8, 4) is 0 Å². The molecule has 1 amide bonds. The van der Waals surface area contributed by atoms with Crippen LogP contribution < -0.4 is 10.0 Å². The first-order chi connectivity index (χ1) is 9.67. The van der Waals surface area contributed by atoms with Gasteiger partial charge in [-0.15, -0.1) is 0 Å². The molecule has 0 aliphatic rings. The molecule has 0 saturated heterocycles. The van der Waals surface area contributed by atoms with E-state index in [9.17, 15) is 13.2 Å². The van der Waals surface area contributed by atoms with Crippen molar-refractivity contribution in [2.75, 3.05) is 11.0 Å². The maximum Gasteiger partial charge on any atom is 0.253 e. The number of sulfonamides is 1. The summed E-state index contributed by atoms with van der Waals surface area (Å²) in [6.07, 6.45) is 4.17. The van der Waals surface area contributed by atoms with Crippen LogP contribution in [0.2, 0.25) is 0 Å². The molecule has 2 rings (SSSR count). The Morgan fingerprint density at radius 3 is 2.62 bits per heavy atom. The van der Waals surface area contributed by atoms with Gasteiger partial charge in [-0.25, -0.2) is 13.4 Å². The van der Waals surface area contributed by atoms with Gasteiger partial charge in [-0.05, 0) is 19.9 Å². The molecule has 0 saturated carbocycles. The molecule has 0 radical (unpaired) electrons. The largest absolute Gasteiger partial charge is 0.350 e. The number of hydrogen-bond donors (Lipinski definition) is 2. The van der Waals surface area contributed by atoms with Gasteiger partial charge in [0.25, 0.3) is 5.91 Å². The lowest BCUT2D eigenvalue weighted by Gasteiger charge is -2.07. The second-order valence-electron chi connectivity index (χ2n) is 5.25. The van der Waals surface area contributed by atoms with E-state index in [4.69, 9.17) is 0 Å². The maximum absolute atomic E-state index is 12.2. The van der Waals surface area contributed by atoms with Crippen molar-refractivity contribution in [3.05, 3.63) is 24.0 Å². The molecule has 0 fully saturated rings. The third-order valence-corrected chi connectivity index (χ3v) is 3.39. The number of nitrogens with zero attached hydrogens (tertiary/aromatic N) is 2. The van der Waals surface area contributed by atoms with Crippen LogP contribution in [0.1, 0.15) is 24.2 Å². The fourth-order valence-electron chi connectivity index (χ4n) is 2.05. The maximum atomic E-state index is 12.2. The lowest BCUT2D eigenvalue weighted by molar-refractivity contribution is 0.0944. The highest BCUT2D eigenvalue weighted by atomic mass is 32.2. The molecule has 0 aromatic carbocycles. The zero-order chi connectivity index (χ0) is 15.8. The van der Waals surface area contributed by atoms with Crippen LogP contribution in [0.4, 0.5) is 5.69 Å². The first-order valence-electron chi connectivity index (χ1n) is 6.41. The van der Waals surface area contributed by atoms with Crippen LogP contribution >= 0.6 is 0 Å². The van der Waals surface area contributed by atoms with Crippen LogP contribution in [0.15, 0.2) is 18.5 Å². The van der Waals surface area contributed by atoms with Gasteiger partial charge in [-0.2, -0.15) is 0 Å². The number of hydrogen-bond acceptors (Lipinski definition) is 4. The van der Waals surface area contributed by atoms with Gasteiger partial charge in [0, 0.05) is 24.7 Å². The summed E-state index contributed by atoms with van der Waals surface area (Å²) in [5, 5.41) is 3.41. The van der Waals surface area contributed by atoms with E-state index in [2.05, 4.69) is 15.0 Å². The Morgan fingerprint density at radius 2 is 2.05 bits per heavy atom. The number of nitrogens with one attached hydrogen (secondary N) is 2. The molecule has 7 nitrogen and oxygen atoms in total. The highest BCUT2D eigenvalue weighted by molar-refractivity contribution is 7.92. The van der Waals surface area contributed by atoms with Crippen molar-refractivity contribution < 1.29 is 13.2 Å². The van der Waals surface area contributed by atoms with Crippen LogP contribution in [0.3, 0.4) is 0 Å². The lowest BCUT2D eigenvalue weighted by Crippen LogP contribution is -2.29.